The van der Waals surface area contributed by atoms with E-state index in [9.17, 15) is 4.79 Å². The van der Waals surface area contributed by atoms with Crippen LogP contribution in [0.1, 0.15) is 23.1 Å². The highest BCUT2D eigenvalue weighted by molar-refractivity contribution is 5.74. The molecule has 1 aliphatic rings. The van der Waals surface area contributed by atoms with Gasteiger partial charge in [-0.2, -0.15) is 0 Å². The number of rotatable bonds is 5. The van der Waals surface area contributed by atoms with Crippen LogP contribution in [0.25, 0.3) is 0 Å². The van der Waals surface area contributed by atoms with Crippen LogP contribution in [-0.2, 0) is 19.3 Å². The van der Waals surface area contributed by atoms with E-state index in [2.05, 4.69) is 47.0 Å². The molecule has 0 aromatic heterocycles. The monoisotopic (exact) mass is 294 g/mol. The van der Waals surface area contributed by atoms with E-state index in [4.69, 9.17) is 0 Å². The van der Waals surface area contributed by atoms with Crippen LogP contribution in [0, 0.1) is 0 Å². The lowest BCUT2D eigenvalue weighted by atomic mass is 10.1. The fraction of sp³-hybridized carbons (Fsp3) is 0.316. The van der Waals surface area contributed by atoms with Crippen molar-refractivity contribution in [1.29, 1.82) is 0 Å². The largest absolute Gasteiger partial charge is 0.338 e. The molecule has 22 heavy (non-hydrogen) atoms. The van der Waals surface area contributed by atoms with E-state index in [1.54, 1.807) is 0 Å². The second-order valence-electron chi connectivity index (χ2n) is 5.86. The van der Waals surface area contributed by atoms with E-state index in [1.165, 1.54) is 16.7 Å². The van der Waals surface area contributed by atoms with Crippen LogP contribution in [-0.4, -0.2) is 18.6 Å². The van der Waals surface area contributed by atoms with Crippen LogP contribution in [0.3, 0.4) is 0 Å². The summed E-state index contributed by atoms with van der Waals surface area (Å²) >= 11 is 0. The maximum atomic E-state index is 11.9. The fourth-order valence-corrected chi connectivity index (χ4v) is 3.04. The first-order valence-corrected chi connectivity index (χ1v) is 7.96. The van der Waals surface area contributed by atoms with E-state index in [-0.39, 0.29) is 12.1 Å². The lowest BCUT2D eigenvalue weighted by Gasteiger charge is -2.13. The third-order valence-corrected chi connectivity index (χ3v) is 4.16. The molecule has 3 heteroatoms. The van der Waals surface area contributed by atoms with Gasteiger partial charge in [0.25, 0.3) is 0 Å². The van der Waals surface area contributed by atoms with Crippen molar-refractivity contribution >= 4 is 6.03 Å². The summed E-state index contributed by atoms with van der Waals surface area (Å²) in [7, 11) is 0. The number of hydrogen-bond acceptors (Lipinski definition) is 1. The molecule has 2 aromatic rings. The zero-order chi connectivity index (χ0) is 15.2. The van der Waals surface area contributed by atoms with Crippen molar-refractivity contribution in [3.05, 3.63) is 71.3 Å². The minimum atomic E-state index is -0.0501. The van der Waals surface area contributed by atoms with Crippen molar-refractivity contribution in [3.63, 3.8) is 0 Å². The maximum absolute atomic E-state index is 11.9. The second kappa shape index (κ2) is 7.12. The Morgan fingerprint density at radius 3 is 2.27 bits per heavy atom. The number of fused-ring (bicyclic) bond motifs is 1. The molecule has 0 radical (unpaired) electrons. The number of aryl methyl sites for hydroxylation is 1. The lowest BCUT2D eigenvalue weighted by molar-refractivity contribution is 0.237. The van der Waals surface area contributed by atoms with Gasteiger partial charge in [-0.25, -0.2) is 4.79 Å². The molecular weight excluding hydrogens is 272 g/mol. The summed E-state index contributed by atoms with van der Waals surface area (Å²) < 4.78 is 0. The summed E-state index contributed by atoms with van der Waals surface area (Å²) in [5, 5.41) is 6.03. The minimum absolute atomic E-state index is 0.0501. The van der Waals surface area contributed by atoms with Crippen LogP contribution < -0.4 is 10.6 Å². The third-order valence-electron chi connectivity index (χ3n) is 4.16. The Morgan fingerprint density at radius 1 is 0.955 bits per heavy atom. The van der Waals surface area contributed by atoms with E-state index >= 15 is 0 Å². The van der Waals surface area contributed by atoms with Gasteiger partial charge < -0.3 is 10.6 Å². The smallest absolute Gasteiger partial charge is 0.315 e. The number of carbonyl (C=O) groups excluding carboxylic acids is 1. The van der Waals surface area contributed by atoms with Gasteiger partial charge in [0.1, 0.15) is 0 Å². The molecule has 0 spiro atoms. The highest BCUT2D eigenvalue weighted by Gasteiger charge is 2.21. The first kappa shape index (κ1) is 14.6. The standard InChI is InChI=1S/C19H22N2O/c22-19(20-12-6-9-15-7-2-1-3-8-15)21-18-13-16-10-4-5-11-17(16)14-18/h1-5,7-8,10-11,18H,6,9,12-14H2,(H2,20,21,22). The van der Waals surface area contributed by atoms with E-state index in [1.807, 2.05) is 18.2 Å². The van der Waals surface area contributed by atoms with Gasteiger partial charge in [-0.05, 0) is 42.4 Å². The molecule has 0 saturated heterocycles. The summed E-state index contributed by atoms with van der Waals surface area (Å²) in [5.74, 6) is 0. The van der Waals surface area contributed by atoms with Gasteiger partial charge in [0.15, 0.2) is 0 Å². The molecular formula is C19H22N2O. The molecule has 0 heterocycles. The van der Waals surface area contributed by atoms with Crippen molar-refractivity contribution < 1.29 is 4.79 Å². The number of nitrogens with one attached hydrogen (secondary N) is 2. The van der Waals surface area contributed by atoms with Crippen molar-refractivity contribution in [3.8, 4) is 0 Å². The molecule has 3 rings (SSSR count). The Balaban J connectivity index is 1.35. The minimum Gasteiger partial charge on any atom is -0.338 e. The predicted molar refractivity (Wildman–Crippen MR) is 88.9 cm³/mol. The Morgan fingerprint density at radius 2 is 1.59 bits per heavy atom. The zero-order valence-electron chi connectivity index (χ0n) is 12.7. The van der Waals surface area contributed by atoms with E-state index in [0.717, 1.165) is 25.7 Å². The summed E-state index contributed by atoms with van der Waals surface area (Å²) in [6.45, 7) is 0.709. The lowest BCUT2D eigenvalue weighted by Crippen LogP contribution is -2.42. The highest BCUT2D eigenvalue weighted by atomic mass is 16.2. The SMILES string of the molecule is O=C(NCCCc1ccccc1)NC1Cc2ccccc2C1. The first-order chi connectivity index (χ1) is 10.8. The topological polar surface area (TPSA) is 41.1 Å². The van der Waals surface area contributed by atoms with Gasteiger partial charge >= 0.3 is 6.03 Å². The highest BCUT2D eigenvalue weighted by Crippen LogP contribution is 2.21. The number of urea groups is 1. The van der Waals surface area contributed by atoms with E-state index in [0.29, 0.717) is 6.54 Å². The number of hydrogen-bond donors (Lipinski definition) is 2. The van der Waals surface area contributed by atoms with Gasteiger partial charge in [0.05, 0.1) is 0 Å². The van der Waals surface area contributed by atoms with Crippen molar-refractivity contribution in [1.82, 2.24) is 10.6 Å². The third kappa shape index (κ3) is 3.88. The predicted octanol–water partition coefficient (Wildman–Crippen LogP) is 3.09. The molecule has 2 amide bonds. The molecule has 0 unspecified atom stereocenters. The van der Waals surface area contributed by atoms with Crippen LogP contribution >= 0.6 is 0 Å². The van der Waals surface area contributed by atoms with Crippen LogP contribution in [0.15, 0.2) is 54.6 Å². The Kier molecular flexibility index (Phi) is 4.74. The average molecular weight is 294 g/mol. The Hall–Kier alpha value is -2.29. The normalized spacial score (nSPS) is 13.6. The molecule has 0 bridgehead atoms. The molecule has 1 aliphatic carbocycles. The molecule has 2 aromatic carbocycles. The van der Waals surface area contributed by atoms with Crippen LogP contribution in [0.2, 0.25) is 0 Å². The van der Waals surface area contributed by atoms with Crippen molar-refractivity contribution in [2.24, 2.45) is 0 Å². The molecule has 0 fully saturated rings. The zero-order valence-corrected chi connectivity index (χ0v) is 12.7. The number of benzene rings is 2. The maximum Gasteiger partial charge on any atom is 0.315 e. The summed E-state index contributed by atoms with van der Waals surface area (Å²) in [6, 6.07) is 19.0. The Bertz CT molecular complexity index is 599. The van der Waals surface area contributed by atoms with Crippen molar-refractivity contribution in [2.75, 3.05) is 6.54 Å². The molecule has 2 N–H and O–H groups in total. The fourth-order valence-electron chi connectivity index (χ4n) is 3.04. The van der Waals surface area contributed by atoms with Gasteiger partial charge in [0, 0.05) is 12.6 Å². The van der Waals surface area contributed by atoms with Gasteiger partial charge in [0.2, 0.25) is 0 Å². The first-order valence-electron chi connectivity index (χ1n) is 7.96. The molecule has 0 atom stereocenters. The Labute approximate surface area is 131 Å². The van der Waals surface area contributed by atoms with Crippen LogP contribution in [0.5, 0.6) is 0 Å². The van der Waals surface area contributed by atoms with Gasteiger partial charge in [-0.3, -0.25) is 0 Å². The summed E-state index contributed by atoms with van der Waals surface area (Å²) in [5.41, 5.74) is 4.03. The van der Waals surface area contributed by atoms with Crippen molar-refractivity contribution in [2.45, 2.75) is 31.7 Å². The van der Waals surface area contributed by atoms with Gasteiger partial charge in [-0.15, -0.1) is 0 Å². The van der Waals surface area contributed by atoms with Crippen LogP contribution in [0.4, 0.5) is 4.79 Å². The average Bonchev–Trinajstić information content (AvgIpc) is 2.94. The van der Waals surface area contributed by atoms with E-state index < -0.39 is 0 Å². The van der Waals surface area contributed by atoms with Gasteiger partial charge in [-0.1, -0.05) is 54.6 Å². The second-order valence-corrected chi connectivity index (χ2v) is 5.86. The quantitative estimate of drug-likeness (QED) is 0.818. The molecule has 114 valence electrons. The molecule has 0 aliphatic heterocycles. The molecule has 3 nitrogen and oxygen atoms in total. The summed E-state index contributed by atoms with van der Waals surface area (Å²) in [4.78, 5) is 11.9. The molecule has 0 saturated carbocycles. The number of carbonyl (C=O) groups is 1. The number of amides is 2. The summed E-state index contributed by atoms with van der Waals surface area (Å²) in [6.07, 6.45) is 3.83.